The largest absolute Gasteiger partial charge is 0.497 e. The molecule has 0 spiro atoms. The molecular formula is C18H26O. The molecule has 1 aromatic carbocycles. The van der Waals surface area contributed by atoms with Crippen molar-refractivity contribution >= 4 is 6.08 Å². The highest BCUT2D eigenvalue weighted by molar-refractivity contribution is 5.54. The molecule has 0 fully saturated rings. The second-order valence-electron chi connectivity index (χ2n) is 4.88. The van der Waals surface area contributed by atoms with Gasteiger partial charge in [-0.2, -0.15) is 0 Å². The van der Waals surface area contributed by atoms with Crippen LogP contribution in [0.15, 0.2) is 42.5 Å². The van der Waals surface area contributed by atoms with Crippen molar-refractivity contribution in [2.75, 3.05) is 7.11 Å². The average molecular weight is 258 g/mol. The first-order valence-corrected chi connectivity index (χ1v) is 7.24. The molecule has 0 amide bonds. The summed E-state index contributed by atoms with van der Waals surface area (Å²) in [4.78, 5) is 0. The summed E-state index contributed by atoms with van der Waals surface area (Å²) < 4.78 is 5.18. The van der Waals surface area contributed by atoms with Crippen LogP contribution >= 0.6 is 0 Å². The molecule has 1 aromatic rings. The van der Waals surface area contributed by atoms with E-state index >= 15 is 0 Å². The van der Waals surface area contributed by atoms with E-state index in [2.05, 4.69) is 31.7 Å². The van der Waals surface area contributed by atoms with E-state index in [0.29, 0.717) is 0 Å². The number of methoxy groups -OCH3 is 1. The molecule has 0 N–H and O–H groups in total. The summed E-state index contributed by atoms with van der Waals surface area (Å²) in [6.07, 6.45) is 11.7. The second kappa shape index (κ2) is 9.43. The third-order valence-corrected chi connectivity index (χ3v) is 3.24. The molecule has 104 valence electrons. The lowest BCUT2D eigenvalue weighted by atomic mass is 10.0. The van der Waals surface area contributed by atoms with E-state index in [-0.39, 0.29) is 0 Å². The highest BCUT2D eigenvalue weighted by atomic mass is 16.5. The third-order valence-electron chi connectivity index (χ3n) is 3.24. The smallest absolute Gasteiger partial charge is 0.118 e. The van der Waals surface area contributed by atoms with Gasteiger partial charge in [0.2, 0.25) is 0 Å². The van der Waals surface area contributed by atoms with Crippen LogP contribution in [0.2, 0.25) is 0 Å². The maximum Gasteiger partial charge on any atom is 0.118 e. The van der Waals surface area contributed by atoms with Gasteiger partial charge >= 0.3 is 0 Å². The van der Waals surface area contributed by atoms with Crippen LogP contribution < -0.4 is 4.74 Å². The van der Waals surface area contributed by atoms with Gasteiger partial charge in [0.1, 0.15) is 5.75 Å². The molecule has 0 aliphatic rings. The van der Waals surface area contributed by atoms with E-state index in [0.717, 1.165) is 12.2 Å². The van der Waals surface area contributed by atoms with Gasteiger partial charge in [0.15, 0.2) is 0 Å². The van der Waals surface area contributed by atoms with Gasteiger partial charge in [-0.05, 0) is 37.0 Å². The predicted molar refractivity (Wildman–Crippen MR) is 84.5 cm³/mol. The lowest BCUT2D eigenvalue weighted by Crippen LogP contribution is -1.86. The van der Waals surface area contributed by atoms with Crippen molar-refractivity contribution in [2.45, 2.75) is 45.4 Å². The fourth-order valence-corrected chi connectivity index (χ4v) is 2.13. The number of hydrogen-bond donors (Lipinski definition) is 0. The minimum atomic E-state index is 0.908. The molecule has 0 unspecified atom stereocenters. The minimum absolute atomic E-state index is 0.908. The molecule has 0 aliphatic heterocycles. The molecule has 0 aliphatic carbocycles. The van der Waals surface area contributed by atoms with Gasteiger partial charge in [0, 0.05) is 0 Å². The summed E-state index contributed by atoms with van der Waals surface area (Å²) in [5.41, 5.74) is 2.71. The van der Waals surface area contributed by atoms with E-state index in [4.69, 9.17) is 4.74 Å². The molecule has 0 radical (unpaired) electrons. The van der Waals surface area contributed by atoms with E-state index in [9.17, 15) is 0 Å². The van der Waals surface area contributed by atoms with E-state index in [1.807, 2.05) is 18.2 Å². The summed E-state index contributed by atoms with van der Waals surface area (Å²) >= 11 is 0. The Morgan fingerprint density at radius 2 is 1.89 bits per heavy atom. The fraction of sp³-hybridized carbons (Fsp3) is 0.444. The first-order chi connectivity index (χ1) is 9.30. The van der Waals surface area contributed by atoms with Crippen molar-refractivity contribution in [3.8, 4) is 5.75 Å². The SMILES string of the molecule is C=CC/C(=C/c1ccc(OC)cc1)CCCCCC. The number of rotatable bonds is 9. The van der Waals surface area contributed by atoms with Gasteiger partial charge in [-0.1, -0.05) is 56.0 Å². The molecule has 19 heavy (non-hydrogen) atoms. The van der Waals surface area contributed by atoms with Crippen molar-refractivity contribution < 1.29 is 4.74 Å². The summed E-state index contributed by atoms with van der Waals surface area (Å²) in [7, 11) is 1.70. The van der Waals surface area contributed by atoms with Gasteiger partial charge in [-0.25, -0.2) is 0 Å². The quantitative estimate of drug-likeness (QED) is 0.412. The van der Waals surface area contributed by atoms with Gasteiger partial charge in [0.25, 0.3) is 0 Å². The first kappa shape index (κ1) is 15.6. The predicted octanol–water partition coefficient (Wildman–Crippen LogP) is 5.63. The van der Waals surface area contributed by atoms with Gasteiger partial charge in [-0.15, -0.1) is 6.58 Å². The Balaban J connectivity index is 2.61. The maximum atomic E-state index is 5.18. The normalized spacial score (nSPS) is 11.4. The van der Waals surface area contributed by atoms with Crippen LogP contribution in [0, 0.1) is 0 Å². The standard InChI is InChI=1S/C18H26O/c1-4-6-7-8-10-16(9-5-2)15-17-11-13-18(19-3)14-12-17/h5,11-15H,2,4,6-10H2,1,3H3/b16-15-. The van der Waals surface area contributed by atoms with Gasteiger partial charge < -0.3 is 4.74 Å². The Morgan fingerprint density at radius 1 is 1.16 bits per heavy atom. The Kier molecular flexibility index (Phi) is 7.72. The average Bonchev–Trinajstić information content (AvgIpc) is 2.44. The molecule has 0 atom stereocenters. The van der Waals surface area contributed by atoms with Gasteiger partial charge in [0.05, 0.1) is 7.11 Å². The third kappa shape index (κ3) is 6.28. The fourth-order valence-electron chi connectivity index (χ4n) is 2.13. The highest BCUT2D eigenvalue weighted by Gasteiger charge is 1.98. The number of benzene rings is 1. The van der Waals surface area contributed by atoms with Crippen LogP contribution in [0.5, 0.6) is 5.75 Å². The van der Waals surface area contributed by atoms with Gasteiger partial charge in [-0.3, -0.25) is 0 Å². The van der Waals surface area contributed by atoms with E-state index < -0.39 is 0 Å². The number of ether oxygens (including phenoxy) is 1. The zero-order chi connectivity index (χ0) is 13.9. The number of allylic oxidation sites excluding steroid dienone is 2. The minimum Gasteiger partial charge on any atom is -0.497 e. The highest BCUT2D eigenvalue weighted by Crippen LogP contribution is 2.19. The van der Waals surface area contributed by atoms with E-state index in [1.165, 1.54) is 43.2 Å². The van der Waals surface area contributed by atoms with Crippen molar-refractivity contribution in [1.82, 2.24) is 0 Å². The topological polar surface area (TPSA) is 9.23 Å². The number of hydrogen-bond acceptors (Lipinski definition) is 1. The monoisotopic (exact) mass is 258 g/mol. The van der Waals surface area contributed by atoms with Crippen LogP contribution in [-0.2, 0) is 0 Å². The Morgan fingerprint density at radius 3 is 2.47 bits per heavy atom. The van der Waals surface area contributed by atoms with Crippen molar-refractivity contribution in [3.05, 3.63) is 48.1 Å². The number of unbranched alkanes of at least 4 members (excludes halogenated alkanes) is 3. The van der Waals surface area contributed by atoms with Crippen LogP contribution in [0.3, 0.4) is 0 Å². The Hall–Kier alpha value is -1.50. The van der Waals surface area contributed by atoms with Crippen LogP contribution in [0.1, 0.15) is 51.0 Å². The van der Waals surface area contributed by atoms with Crippen molar-refractivity contribution in [2.24, 2.45) is 0 Å². The van der Waals surface area contributed by atoms with Crippen molar-refractivity contribution in [1.29, 1.82) is 0 Å². The molecule has 0 saturated carbocycles. The Labute approximate surface area is 118 Å². The van der Waals surface area contributed by atoms with Crippen LogP contribution in [0.25, 0.3) is 6.08 Å². The van der Waals surface area contributed by atoms with E-state index in [1.54, 1.807) is 7.11 Å². The zero-order valence-electron chi connectivity index (χ0n) is 12.3. The zero-order valence-corrected chi connectivity index (χ0v) is 12.3. The first-order valence-electron chi connectivity index (χ1n) is 7.24. The van der Waals surface area contributed by atoms with Crippen molar-refractivity contribution in [3.63, 3.8) is 0 Å². The molecule has 1 nitrogen and oxygen atoms in total. The molecular weight excluding hydrogens is 232 g/mol. The maximum absolute atomic E-state index is 5.18. The van der Waals surface area contributed by atoms with Crippen LogP contribution in [-0.4, -0.2) is 7.11 Å². The summed E-state index contributed by atoms with van der Waals surface area (Å²) in [5, 5.41) is 0. The second-order valence-corrected chi connectivity index (χ2v) is 4.88. The molecule has 0 saturated heterocycles. The molecule has 0 heterocycles. The lowest BCUT2D eigenvalue weighted by molar-refractivity contribution is 0.415. The molecule has 1 rings (SSSR count). The van der Waals surface area contributed by atoms with Crippen LogP contribution in [0.4, 0.5) is 0 Å². The summed E-state index contributed by atoms with van der Waals surface area (Å²) in [6.45, 7) is 6.10. The molecule has 0 bridgehead atoms. The summed E-state index contributed by atoms with van der Waals surface area (Å²) in [6, 6.07) is 8.23. The Bertz CT molecular complexity index is 387. The molecule has 0 aromatic heterocycles. The summed E-state index contributed by atoms with van der Waals surface area (Å²) in [5.74, 6) is 0.908. The molecule has 1 heteroatoms. The lowest BCUT2D eigenvalue weighted by Gasteiger charge is -2.06.